The second-order valence-electron chi connectivity index (χ2n) is 3.16. The largest absolute Gasteiger partial charge is 0.468 e. The maximum Gasteiger partial charge on any atom is 0.325 e. The molecule has 0 saturated carbocycles. The smallest absolute Gasteiger partial charge is 0.325 e. The zero-order valence-electron chi connectivity index (χ0n) is 9.27. The van der Waals surface area contributed by atoms with Crippen molar-refractivity contribution in [3.05, 3.63) is 47.9 Å². The number of halogens is 1. The lowest BCUT2D eigenvalue weighted by Gasteiger charge is -1.98. The van der Waals surface area contributed by atoms with E-state index in [9.17, 15) is 14.0 Å². The van der Waals surface area contributed by atoms with Gasteiger partial charge < -0.3 is 10.1 Å². The number of esters is 1. The molecule has 0 radical (unpaired) electrons. The first-order chi connectivity index (χ1) is 8.13. The average Bonchev–Trinajstić information content (AvgIpc) is 2.34. The van der Waals surface area contributed by atoms with E-state index in [1.165, 1.54) is 43.7 Å². The van der Waals surface area contributed by atoms with Crippen LogP contribution in [0.2, 0.25) is 0 Å². The first-order valence-electron chi connectivity index (χ1n) is 4.90. The van der Waals surface area contributed by atoms with Gasteiger partial charge in [0.15, 0.2) is 5.78 Å². The maximum atomic E-state index is 12.6. The summed E-state index contributed by atoms with van der Waals surface area (Å²) < 4.78 is 17.0. The van der Waals surface area contributed by atoms with Gasteiger partial charge in [-0.3, -0.25) is 9.59 Å². The molecule has 0 heterocycles. The molecule has 0 saturated heterocycles. The highest BCUT2D eigenvalue weighted by Crippen LogP contribution is 2.03. The first-order valence-corrected chi connectivity index (χ1v) is 4.90. The SMILES string of the molecule is COC(=O)CNC=CC(=O)c1ccc(F)cc1. The summed E-state index contributed by atoms with van der Waals surface area (Å²) in [5.74, 6) is -1.10. The molecule has 4 nitrogen and oxygen atoms in total. The molecule has 90 valence electrons. The van der Waals surface area contributed by atoms with Crippen molar-refractivity contribution >= 4 is 11.8 Å². The molecular weight excluding hydrogens is 225 g/mol. The Balaban J connectivity index is 2.46. The van der Waals surface area contributed by atoms with E-state index >= 15 is 0 Å². The number of allylic oxidation sites excluding steroid dienone is 1. The van der Waals surface area contributed by atoms with E-state index in [1.807, 2.05) is 0 Å². The van der Waals surface area contributed by atoms with E-state index in [1.54, 1.807) is 0 Å². The van der Waals surface area contributed by atoms with Crippen molar-refractivity contribution in [2.45, 2.75) is 0 Å². The normalized spacial score (nSPS) is 10.2. The van der Waals surface area contributed by atoms with Gasteiger partial charge in [-0.1, -0.05) is 0 Å². The van der Waals surface area contributed by atoms with Crippen LogP contribution in [0, 0.1) is 5.82 Å². The number of hydrogen-bond donors (Lipinski definition) is 1. The predicted octanol–water partition coefficient (Wildman–Crippen LogP) is 1.28. The fourth-order valence-corrected chi connectivity index (χ4v) is 1.06. The van der Waals surface area contributed by atoms with Gasteiger partial charge in [-0.25, -0.2) is 4.39 Å². The van der Waals surface area contributed by atoms with Gasteiger partial charge >= 0.3 is 5.97 Å². The minimum absolute atomic E-state index is 0.0102. The molecule has 0 unspecified atom stereocenters. The Labute approximate surface area is 98.1 Å². The summed E-state index contributed by atoms with van der Waals surface area (Å²) in [4.78, 5) is 22.2. The van der Waals surface area contributed by atoms with Crippen LogP contribution in [0.5, 0.6) is 0 Å². The zero-order chi connectivity index (χ0) is 12.7. The van der Waals surface area contributed by atoms with E-state index in [-0.39, 0.29) is 12.3 Å². The van der Waals surface area contributed by atoms with Crippen molar-refractivity contribution < 1.29 is 18.7 Å². The van der Waals surface area contributed by atoms with E-state index in [2.05, 4.69) is 10.1 Å². The maximum absolute atomic E-state index is 12.6. The molecule has 17 heavy (non-hydrogen) atoms. The van der Waals surface area contributed by atoms with Crippen LogP contribution in [0.3, 0.4) is 0 Å². The average molecular weight is 237 g/mol. The zero-order valence-corrected chi connectivity index (χ0v) is 9.27. The number of ketones is 1. The molecule has 0 fully saturated rings. The standard InChI is InChI=1S/C12H12FNO3/c1-17-12(16)8-14-7-6-11(15)9-2-4-10(13)5-3-9/h2-7,14H,8H2,1H3. The van der Waals surface area contributed by atoms with Crippen molar-refractivity contribution in [1.29, 1.82) is 0 Å². The summed E-state index contributed by atoms with van der Waals surface area (Å²) in [5.41, 5.74) is 0.377. The molecular formula is C12H12FNO3. The van der Waals surface area contributed by atoms with Crippen molar-refractivity contribution in [2.24, 2.45) is 0 Å². The first kappa shape index (κ1) is 12.9. The van der Waals surface area contributed by atoms with Crippen LogP contribution in [0.4, 0.5) is 4.39 Å². The third kappa shape index (κ3) is 4.46. The number of benzene rings is 1. The van der Waals surface area contributed by atoms with Crippen LogP contribution in [-0.2, 0) is 9.53 Å². The second-order valence-corrected chi connectivity index (χ2v) is 3.16. The van der Waals surface area contributed by atoms with Gasteiger partial charge in [-0.15, -0.1) is 0 Å². The Morgan fingerprint density at radius 2 is 2.00 bits per heavy atom. The topological polar surface area (TPSA) is 55.4 Å². The van der Waals surface area contributed by atoms with Crippen LogP contribution in [0.1, 0.15) is 10.4 Å². The summed E-state index contributed by atoms with van der Waals surface area (Å²) in [5, 5.41) is 2.60. The molecule has 5 heteroatoms. The molecule has 1 N–H and O–H groups in total. The van der Waals surface area contributed by atoms with Crippen LogP contribution in [0.15, 0.2) is 36.5 Å². The van der Waals surface area contributed by atoms with Gasteiger partial charge in [-0.2, -0.15) is 0 Å². The Hall–Kier alpha value is -2.17. The molecule has 0 aliphatic rings. The number of methoxy groups -OCH3 is 1. The molecule has 0 aliphatic carbocycles. The minimum Gasteiger partial charge on any atom is -0.468 e. The van der Waals surface area contributed by atoms with Gasteiger partial charge in [0, 0.05) is 17.8 Å². The summed E-state index contributed by atoms with van der Waals surface area (Å²) in [6.07, 6.45) is 2.61. The van der Waals surface area contributed by atoms with E-state index in [0.29, 0.717) is 5.56 Å². The number of rotatable bonds is 5. The Morgan fingerprint density at radius 1 is 1.35 bits per heavy atom. The Morgan fingerprint density at radius 3 is 2.59 bits per heavy atom. The molecule has 0 bridgehead atoms. The fourth-order valence-electron chi connectivity index (χ4n) is 1.06. The highest BCUT2D eigenvalue weighted by molar-refractivity contribution is 6.04. The number of hydrogen-bond acceptors (Lipinski definition) is 4. The third-order valence-corrected chi connectivity index (χ3v) is 1.96. The second kappa shape index (κ2) is 6.42. The highest BCUT2D eigenvalue weighted by atomic mass is 19.1. The van der Waals surface area contributed by atoms with Crippen molar-refractivity contribution in [3.63, 3.8) is 0 Å². The number of nitrogens with one attached hydrogen (secondary N) is 1. The van der Waals surface area contributed by atoms with Gasteiger partial charge in [0.05, 0.1) is 7.11 Å². The molecule has 0 aliphatic heterocycles. The molecule has 1 aromatic rings. The summed E-state index contributed by atoms with van der Waals surface area (Å²) in [6.45, 7) is -0.0102. The lowest BCUT2D eigenvalue weighted by Crippen LogP contribution is -2.19. The van der Waals surface area contributed by atoms with Gasteiger partial charge in [0.2, 0.25) is 0 Å². The van der Waals surface area contributed by atoms with Gasteiger partial charge in [-0.05, 0) is 24.3 Å². The van der Waals surface area contributed by atoms with Crippen LogP contribution in [-0.4, -0.2) is 25.4 Å². The molecule has 1 rings (SSSR count). The quantitative estimate of drug-likeness (QED) is 0.476. The van der Waals surface area contributed by atoms with E-state index < -0.39 is 11.8 Å². The summed E-state index contributed by atoms with van der Waals surface area (Å²) in [7, 11) is 1.28. The van der Waals surface area contributed by atoms with Crippen molar-refractivity contribution in [2.75, 3.05) is 13.7 Å². The van der Waals surface area contributed by atoms with Crippen LogP contribution >= 0.6 is 0 Å². The lowest BCUT2D eigenvalue weighted by molar-refractivity contribution is -0.139. The summed E-state index contributed by atoms with van der Waals surface area (Å²) >= 11 is 0. The van der Waals surface area contributed by atoms with Crippen molar-refractivity contribution in [1.82, 2.24) is 5.32 Å². The number of carbonyl (C=O) groups excluding carboxylic acids is 2. The van der Waals surface area contributed by atoms with Crippen LogP contribution in [0.25, 0.3) is 0 Å². The third-order valence-electron chi connectivity index (χ3n) is 1.96. The van der Waals surface area contributed by atoms with Gasteiger partial charge in [0.1, 0.15) is 12.4 Å². The lowest BCUT2D eigenvalue weighted by atomic mass is 10.1. The monoisotopic (exact) mass is 237 g/mol. The van der Waals surface area contributed by atoms with Crippen molar-refractivity contribution in [3.8, 4) is 0 Å². The Bertz CT molecular complexity index is 426. The predicted molar refractivity (Wildman–Crippen MR) is 59.9 cm³/mol. The summed E-state index contributed by atoms with van der Waals surface area (Å²) in [6, 6.07) is 5.20. The molecule has 0 amide bonds. The molecule has 0 atom stereocenters. The number of carbonyl (C=O) groups is 2. The molecule has 0 spiro atoms. The van der Waals surface area contributed by atoms with Gasteiger partial charge in [0.25, 0.3) is 0 Å². The number of ether oxygens (including phenoxy) is 1. The molecule has 0 aromatic heterocycles. The minimum atomic E-state index is -0.427. The highest BCUT2D eigenvalue weighted by Gasteiger charge is 2.01. The molecule has 1 aromatic carbocycles. The van der Waals surface area contributed by atoms with E-state index in [0.717, 1.165) is 0 Å². The Kier molecular flexibility index (Phi) is 4.87. The van der Waals surface area contributed by atoms with Crippen LogP contribution < -0.4 is 5.32 Å². The fraction of sp³-hybridized carbons (Fsp3) is 0.167. The van der Waals surface area contributed by atoms with E-state index in [4.69, 9.17) is 0 Å².